The molecule has 0 aliphatic heterocycles. The Labute approximate surface area is 222 Å². The van der Waals surface area contributed by atoms with Crippen LogP contribution in [0.2, 0.25) is 18.1 Å². The standard InChI is InChI=1S/C32H50O3Si/c1-13-32(14-2,26-16-15-25(21-33)23(3)19-26)27-17-18-28(24(4)20-27)34-22-29(30(5,6)7)35-36(11,12)31(8,9)10/h15-21,29H,13-14,22H2,1-12H3. The molecule has 0 amide bonds. The van der Waals surface area contributed by atoms with Gasteiger partial charge in [-0.1, -0.05) is 85.7 Å². The van der Waals surface area contributed by atoms with E-state index in [1.54, 1.807) is 0 Å². The fourth-order valence-electron chi connectivity index (χ4n) is 4.61. The lowest BCUT2D eigenvalue weighted by Crippen LogP contribution is -2.49. The van der Waals surface area contributed by atoms with Crippen molar-refractivity contribution >= 4 is 14.6 Å². The zero-order chi connectivity index (χ0) is 27.5. The number of benzene rings is 2. The smallest absolute Gasteiger partial charge is 0.192 e. The molecular formula is C32H50O3Si. The molecule has 0 saturated heterocycles. The van der Waals surface area contributed by atoms with Gasteiger partial charge in [0.05, 0.1) is 6.10 Å². The summed E-state index contributed by atoms with van der Waals surface area (Å²) in [7, 11) is -1.92. The van der Waals surface area contributed by atoms with Crippen molar-refractivity contribution in [2.45, 2.75) is 112 Å². The minimum absolute atomic E-state index is 0.0159. The molecule has 2 aromatic carbocycles. The summed E-state index contributed by atoms with van der Waals surface area (Å²) in [4.78, 5) is 11.4. The molecule has 1 atom stereocenters. The van der Waals surface area contributed by atoms with Crippen LogP contribution in [0.5, 0.6) is 5.75 Å². The second-order valence-electron chi connectivity index (χ2n) is 13.0. The Morgan fingerprint density at radius 2 is 1.39 bits per heavy atom. The van der Waals surface area contributed by atoms with E-state index in [-0.39, 0.29) is 22.0 Å². The van der Waals surface area contributed by atoms with Gasteiger partial charge in [-0.05, 0) is 78.6 Å². The molecule has 0 fully saturated rings. The van der Waals surface area contributed by atoms with Gasteiger partial charge in [0.2, 0.25) is 0 Å². The summed E-state index contributed by atoms with van der Waals surface area (Å²) in [6.07, 6.45) is 2.92. The van der Waals surface area contributed by atoms with Crippen LogP contribution < -0.4 is 4.74 Å². The van der Waals surface area contributed by atoms with E-state index in [4.69, 9.17) is 9.16 Å². The van der Waals surface area contributed by atoms with Crippen LogP contribution in [0.15, 0.2) is 36.4 Å². The van der Waals surface area contributed by atoms with Crippen molar-refractivity contribution < 1.29 is 14.0 Å². The summed E-state index contributed by atoms with van der Waals surface area (Å²) in [5, 5.41) is 0.153. The molecule has 1 unspecified atom stereocenters. The first kappa shape index (κ1) is 30.3. The highest BCUT2D eigenvalue weighted by molar-refractivity contribution is 6.74. The van der Waals surface area contributed by atoms with Crippen LogP contribution in [0.3, 0.4) is 0 Å². The molecule has 2 rings (SSSR count). The van der Waals surface area contributed by atoms with Crippen molar-refractivity contribution in [2.24, 2.45) is 5.41 Å². The molecule has 0 saturated carbocycles. The second-order valence-corrected chi connectivity index (χ2v) is 17.8. The third-order valence-electron chi connectivity index (χ3n) is 8.48. The molecule has 0 aliphatic carbocycles. The number of rotatable bonds is 10. The summed E-state index contributed by atoms with van der Waals surface area (Å²) in [5.74, 6) is 0.917. The summed E-state index contributed by atoms with van der Waals surface area (Å²) < 4.78 is 13.3. The number of aldehydes is 1. The summed E-state index contributed by atoms with van der Waals surface area (Å²) in [5.41, 5.74) is 5.36. The molecule has 200 valence electrons. The molecule has 4 heteroatoms. The van der Waals surface area contributed by atoms with Crippen LogP contribution in [0, 0.1) is 19.3 Å². The Balaban J connectivity index is 2.35. The van der Waals surface area contributed by atoms with Gasteiger partial charge < -0.3 is 9.16 Å². The quantitative estimate of drug-likeness (QED) is 0.236. The molecule has 36 heavy (non-hydrogen) atoms. The predicted molar refractivity (Wildman–Crippen MR) is 156 cm³/mol. The highest BCUT2D eigenvalue weighted by Crippen LogP contribution is 2.42. The Kier molecular flexibility index (Phi) is 9.45. The molecule has 0 radical (unpaired) electrons. The van der Waals surface area contributed by atoms with E-state index < -0.39 is 8.32 Å². The zero-order valence-electron chi connectivity index (χ0n) is 25.0. The number of carbonyl (C=O) groups excluding carboxylic acids is 1. The molecule has 0 spiro atoms. The number of hydrogen-bond acceptors (Lipinski definition) is 3. The first-order valence-electron chi connectivity index (χ1n) is 13.5. The third-order valence-corrected chi connectivity index (χ3v) is 13.0. The maximum Gasteiger partial charge on any atom is 0.192 e. The van der Waals surface area contributed by atoms with Crippen LogP contribution >= 0.6 is 0 Å². The normalized spacial score (nSPS) is 14.0. The van der Waals surface area contributed by atoms with Gasteiger partial charge in [-0.25, -0.2) is 0 Å². The van der Waals surface area contributed by atoms with Crippen molar-refractivity contribution in [3.8, 4) is 5.75 Å². The van der Waals surface area contributed by atoms with E-state index in [0.29, 0.717) is 6.61 Å². The first-order valence-corrected chi connectivity index (χ1v) is 16.4. The molecule has 0 N–H and O–H groups in total. The fourth-order valence-corrected chi connectivity index (χ4v) is 6.09. The van der Waals surface area contributed by atoms with E-state index in [0.717, 1.165) is 41.6 Å². The Bertz CT molecular complexity index is 1040. The lowest BCUT2D eigenvalue weighted by Gasteiger charge is -2.43. The molecular weight excluding hydrogens is 460 g/mol. The van der Waals surface area contributed by atoms with E-state index in [1.165, 1.54) is 11.1 Å². The van der Waals surface area contributed by atoms with Gasteiger partial charge in [-0.3, -0.25) is 4.79 Å². The average Bonchev–Trinajstić information content (AvgIpc) is 2.77. The summed E-state index contributed by atoms with van der Waals surface area (Å²) in [6, 6.07) is 12.9. The van der Waals surface area contributed by atoms with Gasteiger partial charge in [0.15, 0.2) is 8.32 Å². The lowest BCUT2D eigenvalue weighted by atomic mass is 9.70. The van der Waals surface area contributed by atoms with Crippen LogP contribution in [0.1, 0.15) is 101 Å². The number of aryl methyl sites for hydroxylation is 2. The molecule has 0 bridgehead atoms. The zero-order valence-corrected chi connectivity index (χ0v) is 26.0. The predicted octanol–water partition coefficient (Wildman–Crippen LogP) is 9.04. The van der Waals surface area contributed by atoms with Crippen LogP contribution in [0.25, 0.3) is 0 Å². The van der Waals surface area contributed by atoms with Gasteiger partial charge in [0.1, 0.15) is 18.6 Å². The number of carbonyl (C=O) groups is 1. The first-order chi connectivity index (χ1) is 16.5. The third kappa shape index (κ3) is 6.50. The summed E-state index contributed by atoms with van der Waals surface area (Å²) in [6.45, 7) is 27.4. The van der Waals surface area contributed by atoms with Gasteiger partial charge >= 0.3 is 0 Å². The van der Waals surface area contributed by atoms with Crippen LogP contribution in [-0.4, -0.2) is 27.3 Å². The highest BCUT2D eigenvalue weighted by atomic mass is 28.4. The monoisotopic (exact) mass is 510 g/mol. The van der Waals surface area contributed by atoms with Crippen LogP contribution in [0.4, 0.5) is 0 Å². The van der Waals surface area contributed by atoms with Gasteiger partial charge in [0, 0.05) is 11.0 Å². The largest absolute Gasteiger partial charge is 0.491 e. The van der Waals surface area contributed by atoms with E-state index in [2.05, 4.69) is 106 Å². The lowest BCUT2D eigenvalue weighted by molar-refractivity contribution is 0.0310. The van der Waals surface area contributed by atoms with E-state index in [1.807, 2.05) is 13.0 Å². The maximum absolute atomic E-state index is 11.4. The summed E-state index contributed by atoms with van der Waals surface area (Å²) >= 11 is 0. The van der Waals surface area contributed by atoms with E-state index >= 15 is 0 Å². The SMILES string of the molecule is CCC(CC)(c1ccc(C=O)c(C)c1)c1ccc(OCC(O[Si](C)(C)C(C)(C)C)C(C)(C)C)c(C)c1. The van der Waals surface area contributed by atoms with Gasteiger partial charge in [-0.2, -0.15) is 0 Å². The van der Waals surface area contributed by atoms with Crippen molar-refractivity contribution in [1.29, 1.82) is 0 Å². The van der Waals surface area contributed by atoms with Crippen molar-refractivity contribution in [3.63, 3.8) is 0 Å². The molecule has 3 nitrogen and oxygen atoms in total. The maximum atomic E-state index is 11.4. The molecule has 0 aliphatic rings. The molecule has 0 heterocycles. The highest BCUT2D eigenvalue weighted by Gasteiger charge is 2.42. The van der Waals surface area contributed by atoms with Crippen molar-refractivity contribution in [1.82, 2.24) is 0 Å². The van der Waals surface area contributed by atoms with Gasteiger partial charge in [-0.15, -0.1) is 0 Å². The van der Waals surface area contributed by atoms with Crippen molar-refractivity contribution in [2.75, 3.05) is 6.61 Å². The Hall–Kier alpha value is -1.91. The van der Waals surface area contributed by atoms with Crippen molar-refractivity contribution in [3.05, 3.63) is 64.2 Å². The number of hydrogen-bond donors (Lipinski definition) is 0. The van der Waals surface area contributed by atoms with Crippen LogP contribution in [-0.2, 0) is 9.84 Å². The van der Waals surface area contributed by atoms with Gasteiger partial charge in [0.25, 0.3) is 0 Å². The second kappa shape index (κ2) is 11.2. The Morgan fingerprint density at radius 1 is 0.861 bits per heavy atom. The Morgan fingerprint density at radius 3 is 1.81 bits per heavy atom. The molecule has 2 aromatic rings. The fraction of sp³-hybridized carbons (Fsp3) is 0.594. The minimum Gasteiger partial charge on any atom is -0.491 e. The molecule has 0 aromatic heterocycles. The minimum atomic E-state index is -1.92. The topological polar surface area (TPSA) is 35.5 Å². The average molecular weight is 511 g/mol. The van der Waals surface area contributed by atoms with E-state index in [9.17, 15) is 4.79 Å². The number of ether oxygens (including phenoxy) is 1.